The van der Waals surface area contributed by atoms with E-state index in [0.29, 0.717) is 12.3 Å². The van der Waals surface area contributed by atoms with Crippen molar-refractivity contribution in [2.24, 2.45) is 28.9 Å². The van der Waals surface area contributed by atoms with E-state index in [9.17, 15) is 28.8 Å². The molecule has 246 valence electrons. The summed E-state index contributed by atoms with van der Waals surface area (Å²) >= 11 is 0. The molecule has 0 aromatic carbocycles. The summed E-state index contributed by atoms with van der Waals surface area (Å²) in [5.74, 6) is -5.09. The summed E-state index contributed by atoms with van der Waals surface area (Å²) in [6, 6.07) is -3.55. The highest BCUT2D eigenvalue weighted by Crippen LogP contribution is 2.04. The van der Waals surface area contributed by atoms with Gasteiger partial charge in [0.25, 0.3) is 0 Å². The van der Waals surface area contributed by atoms with Gasteiger partial charge in [-0.1, -0.05) is 13.8 Å². The first-order chi connectivity index (χ1) is 19.2. The Morgan fingerprint density at radius 2 is 1.10 bits per heavy atom. The van der Waals surface area contributed by atoms with Gasteiger partial charge in [-0.05, 0) is 58.0 Å². The van der Waals surface area contributed by atoms with Crippen molar-refractivity contribution in [2.45, 2.75) is 95.6 Å². The normalized spacial score (nSPS) is 19.7. The summed E-state index contributed by atoms with van der Waals surface area (Å²) in [5, 5.41) is 55.4. The van der Waals surface area contributed by atoms with E-state index in [4.69, 9.17) is 47.8 Å². The minimum Gasteiger partial charge on any atom is -0.480 e. The molecule has 1 amide bonds. The number of carboxylic acids is 5. The van der Waals surface area contributed by atoms with Crippen LogP contribution >= 0.6 is 0 Å². The summed E-state index contributed by atoms with van der Waals surface area (Å²) < 4.78 is 0. The van der Waals surface area contributed by atoms with Gasteiger partial charge in [0.2, 0.25) is 5.91 Å². The molecular weight excluding hydrogens is 564 g/mol. The van der Waals surface area contributed by atoms with Crippen LogP contribution in [0.5, 0.6) is 0 Å². The minimum atomic E-state index is -1.21. The van der Waals surface area contributed by atoms with E-state index in [-0.39, 0.29) is 18.5 Å². The van der Waals surface area contributed by atoms with Crippen molar-refractivity contribution in [1.82, 2.24) is 10.6 Å². The van der Waals surface area contributed by atoms with Gasteiger partial charge in [0, 0.05) is 0 Å². The van der Waals surface area contributed by atoms with Crippen molar-refractivity contribution in [2.75, 3.05) is 13.1 Å². The number of carbonyl (C=O) groups excluding carboxylic acids is 1. The second kappa shape index (κ2) is 24.2. The zero-order valence-corrected chi connectivity index (χ0v) is 24.1. The number of rotatable bonds is 10. The van der Waals surface area contributed by atoms with Crippen molar-refractivity contribution in [3.63, 3.8) is 0 Å². The smallest absolute Gasteiger partial charge is 0.323 e. The van der Waals surface area contributed by atoms with Gasteiger partial charge < -0.3 is 64.2 Å². The molecule has 0 aliphatic carbocycles. The lowest BCUT2D eigenvalue weighted by molar-refractivity contribution is -0.141. The third-order valence-corrected chi connectivity index (χ3v) is 5.30. The van der Waals surface area contributed by atoms with E-state index in [1.807, 2.05) is 13.8 Å². The van der Waals surface area contributed by atoms with E-state index < -0.39 is 60.0 Å². The number of aliphatic carboxylic acids is 5. The number of hydrogen-bond acceptors (Lipinski definition) is 12. The van der Waals surface area contributed by atoms with E-state index in [2.05, 4.69) is 16.4 Å². The molecule has 0 saturated carbocycles. The maximum absolute atomic E-state index is 10.1. The molecule has 2 rings (SSSR count). The highest BCUT2D eigenvalue weighted by molar-refractivity contribution is 5.83. The predicted octanol–water partition coefficient (Wildman–Crippen LogP) is -2.86. The molecule has 18 nitrogen and oxygen atoms in total. The summed E-state index contributed by atoms with van der Waals surface area (Å²) in [6.45, 7) is 6.94. The van der Waals surface area contributed by atoms with Crippen LogP contribution in [0.25, 0.3) is 0 Å². The zero-order chi connectivity index (χ0) is 33.6. The van der Waals surface area contributed by atoms with Gasteiger partial charge in [0.15, 0.2) is 0 Å². The van der Waals surface area contributed by atoms with Crippen LogP contribution in [-0.2, 0) is 28.8 Å². The van der Waals surface area contributed by atoms with E-state index >= 15 is 0 Å². The monoisotopic (exact) mass is 612 g/mol. The number of primary amides is 1. The minimum absolute atomic E-state index is 0.269. The molecule has 2 aliphatic rings. The Hall–Kier alpha value is -3.42. The number of nitrogens with two attached hydrogens (primary N) is 4. The Labute approximate surface area is 243 Å². The summed E-state index contributed by atoms with van der Waals surface area (Å²) in [6.07, 6.45) is 2.83. The maximum Gasteiger partial charge on any atom is 0.323 e. The number of carboxylic acid groups (broad SMARTS) is 5. The lowest BCUT2D eigenvalue weighted by Crippen LogP contribution is -2.39. The van der Waals surface area contributed by atoms with Gasteiger partial charge in [-0.2, -0.15) is 0 Å². The van der Waals surface area contributed by atoms with Crippen molar-refractivity contribution >= 4 is 35.8 Å². The first-order valence-electron chi connectivity index (χ1n) is 13.1. The van der Waals surface area contributed by atoms with Gasteiger partial charge in [-0.25, -0.2) is 0 Å². The van der Waals surface area contributed by atoms with Crippen LogP contribution in [0.4, 0.5) is 0 Å². The average Bonchev–Trinajstić information content (AvgIpc) is 3.59. The fourth-order valence-corrected chi connectivity index (χ4v) is 2.91. The molecule has 0 aromatic heterocycles. The van der Waals surface area contributed by atoms with Crippen LogP contribution in [0.15, 0.2) is 0 Å². The molecule has 0 spiro atoms. The van der Waals surface area contributed by atoms with Crippen LogP contribution < -0.4 is 33.6 Å². The molecule has 2 heterocycles. The van der Waals surface area contributed by atoms with Crippen molar-refractivity contribution in [1.29, 1.82) is 0 Å². The predicted molar refractivity (Wildman–Crippen MR) is 149 cm³/mol. The third kappa shape index (κ3) is 25.5. The van der Waals surface area contributed by atoms with E-state index in [0.717, 1.165) is 38.8 Å². The molecule has 0 radical (unpaired) electrons. The topological polar surface area (TPSA) is 352 Å². The SMILES string of the molecule is CC(C)CC(N)C(=O)O.CC(O)C(N)C(=O)O.NC(=O)CC(N)C(=O)O.O=C(O)[C@@H]1CCCN1.O=C(O)[C@@H]1CCCN1. The Kier molecular flexibility index (Phi) is 24.8. The number of aliphatic hydroxyl groups excluding tert-OH is 1. The molecule has 2 fully saturated rings. The number of hydrogen-bond donors (Lipinski definition) is 12. The Balaban J connectivity index is -0.000000453. The first-order valence-corrected chi connectivity index (χ1v) is 13.1. The second-order valence-electron chi connectivity index (χ2n) is 9.77. The van der Waals surface area contributed by atoms with Gasteiger partial charge in [-0.3, -0.25) is 28.8 Å². The lowest BCUT2D eigenvalue weighted by Gasteiger charge is -2.07. The van der Waals surface area contributed by atoms with Gasteiger partial charge >= 0.3 is 29.8 Å². The molecule has 16 N–H and O–H groups in total. The Bertz CT molecular complexity index is 788. The zero-order valence-electron chi connectivity index (χ0n) is 24.1. The largest absolute Gasteiger partial charge is 0.480 e. The fourth-order valence-electron chi connectivity index (χ4n) is 2.91. The van der Waals surface area contributed by atoms with Crippen molar-refractivity contribution < 1.29 is 59.4 Å². The molecule has 42 heavy (non-hydrogen) atoms. The molecule has 6 atom stereocenters. The van der Waals surface area contributed by atoms with Crippen molar-refractivity contribution in [3.8, 4) is 0 Å². The summed E-state index contributed by atoms with van der Waals surface area (Å²) in [4.78, 5) is 60.1. The third-order valence-electron chi connectivity index (χ3n) is 5.30. The lowest BCUT2D eigenvalue weighted by atomic mass is 10.1. The van der Waals surface area contributed by atoms with E-state index in [1.165, 1.54) is 6.92 Å². The number of carbonyl (C=O) groups is 6. The summed E-state index contributed by atoms with van der Waals surface area (Å²) in [5.41, 5.74) is 19.7. The molecule has 18 heteroatoms. The molecule has 2 aliphatic heterocycles. The quantitative estimate of drug-likeness (QED) is 0.118. The van der Waals surface area contributed by atoms with Crippen LogP contribution in [0, 0.1) is 5.92 Å². The standard InChI is InChI=1S/C6H13NO2.2C5H9NO2.C4H8N2O3.C4H9NO3/c1-4(2)3-5(7)6(8)9;2*7-5(8)4-2-1-3-6-4;5-2(4(8)9)1-3(6)7;1-2(6)3(5)4(7)8/h4-5H,3,7H2,1-2H3,(H,8,9);2*4,6H,1-3H2,(H,7,8);2H,1,5H2,(H2,6,7)(H,8,9);2-3,6H,5H2,1H3,(H,7,8)/t;2*4-;;/m.00../s1. The van der Waals surface area contributed by atoms with Crippen LogP contribution in [0.3, 0.4) is 0 Å². The average molecular weight is 613 g/mol. The molecule has 4 unspecified atom stereocenters. The van der Waals surface area contributed by atoms with Gasteiger partial charge in [0.05, 0.1) is 12.5 Å². The van der Waals surface area contributed by atoms with Crippen LogP contribution in [0.1, 0.15) is 59.3 Å². The van der Waals surface area contributed by atoms with Crippen molar-refractivity contribution in [3.05, 3.63) is 0 Å². The molecular formula is C24H48N6O12. The fraction of sp³-hybridized carbons (Fsp3) is 0.750. The molecule has 0 bridgehead atoms. The highest BCUT2D eigenvalue weighted by atomic mass is 16.4. The number of aliphatic hydroxyl groups is 1. The number of amides is 1. The first kappa shape index (κ1) is 43.0. The highest BCUT2D eigenvalue weighted by Gasteiger charge is 2.21. The van der Waals surface area contributed by atoms with Crippen LogP contribution in [-0.4, -0.2) is 116 Å². The van der Waals surface area contributed by atoms with Gasteiger partial charge in [0.1, 0.15) is 30.2 Å². The number of nitrogens with one attached hydrogen (secondary N) is 2. The Morgan fingerprint density at radius 3 is 1.19 bits per heavy atom. The van der Waals surface area contributed by atoms with E-state index in [1.54, 1.807) is 0 Å². The Morgan fingerprint density at radius 1 is 0.714 bits per heavy atom. The maximum atomic E-state index is 10.1. The molecule has 0 aromatic rings. The van der Waals surface area contributed by atoms with Gasteiger partial charge in [-0.15, -0.1) is 0 Å². The second-order valence-corrected chi connectivity index (χ2v) is 9.77. The van der Waals surface area contributed by atoms with Crippen LogP contribution in [0.2, 0.25) is 0 Å². The molecule has 2 saturated heterocycles. The summed E-state index contributed by atoms with van der Waals surface area (Å²) in [7, 11) is 0.